The van der Waals surface area contributed by atoms with E-state index in [0.717, 1.165) is 18.9 Å². The van der Waals surface area contributed by atoms with E-state index in [1.165, 1.54) is 49.0 Å². The van der Waals surface area contributed by atoms with Crippen molar-refractivity contribution in [2.75, 3.05) is 26.2 Å². The SMILES string of the molecule is Cc1ccccc1-c1ccc(OCCN2CCCCC2)cc1. The molecule has 0 aliphatic carbocycles. The van der Waals surface area contributed by atoms with Gasteiger partial charge in [-0.3, -0.25) is 4.90 Å². The molecule has 0 amide bonds. The highest BCUT2D eigenvalue weighted by atomic mass is 16.5. The Morgan fingerprint density at radius 1 is 0.909 bits per heavy atom. The zero-order valence-electron chi connectivity index (χ0n) is 13.4. The summed E-state index contributed by atoms with van der Waals surface area (Å²) in [6.07, 6.45) is 4.06. The Bertz CT molecular complexity index is 585. The van der Waals surface area contributed by atoms with Crippen LogP contribution in [0.5, 0.6) is 5.75 Å². The number of benzene rings is 2. The molecule has 0 atom stereocenters. The number of ether oxygens (including phenoxy) is 1. The van der Waals surface area contributed by atoms with Crippen LogP contribution in [0.4, 0.5) is 0 Å². The van der Waals surface area contributed by atoms with Crippen molar-refractivity contribution in [1.82, 2.24) is 4.90 Å². The van der Waals surface area contributed by atoms with Gasteiger partial charge in [-0.05, 0) is 61.7 Å². The highest BCUT2D eigenvalue weighted by molar-refractivity contribution is 5.67. The van der Waals surface area contributed by atoms with Gasteiger partial charge in [-0.1, -0.05) is 42.8 Å². The van der Waals surface area contributed by atoms with E-state index in [1.54, 1.807) is 0 Å². The molecule has 0 aromatic heterocycles. The number of hydrogen-bond acceptors (Lipinski definition) is 2. The van der Waals surface area contributed by atoms with Gasteiger partial charge in [0.05, 0.1) is 0 Å². The van der Waals surface area contributed by atoms with Gasteiger partial charge in [-0.25, -0.2) is 0 Å². The van der Waals surface area contributed by atoms with Gasteiger partial charge in [0.25, 0.3) is 0 Å². The van der Waals surface area contributed by atoms with Gasteiger partial charge >= 0.3 is 0 Å². The van der Waals surface area contributed by atoms with E-state index in [2.05, 4.69) is 60.4 Å². The first-order chi connectivity index (χ1) is 10.8. The van der Waals surface area contributed by atoms with Crippen LogP contribution in [0.15, 0.2) is 48.5 Å². The fourth-order valence-electron chi connectivity index (χ4n) is 3.10. The maximum atomic E-state index is 5.89. The number of nitrogens with zero attached hydrogens (tertiary/aromatic N) is 1. The molecule has 1 heterocycles. The van der Waals surface area contributed by atoms with E-state index in [-0.39, 0.29) is 0 Å². The molecule has 116 valence electrons. The molecule has 0 saturated carbocycles. The van der Waals surface area contributed by atoms with Crippen LogP contribution in [0.3, 0.4) is 0 Å². The molecule has 1 aliphatic rings. The van der Waals surface area contributed by atoms with Crippen LogP contribution in [0.1, 0.15) is 24.8 Å². The summed E-state index contributed by atoms with van der Waals surface area (Å²) in [5.74, 6) is 0.967. The summed E-state index contributed by atoms with van der Waals surface area (Å²) < 4.78 is 5.89. The van der Waals surface area contributed by atoms with Crippen molar-refractivity contribution in [2.45, 2.75) is 26.2 Å². The third-order valence-electron chi connectivity index (χ3n) is 4.44. The molecule has 1 fully saturated rings. The summed E-state index contributed by atoms with van der Waals surface area (Å²) in [7, 11) is 0. The average molecular weight is 295 g/mol. The Morgan fingerprint density at radius 3 is 2.36 bits per heavy atom. The standard InChI is InChI=1S/C20H25NO/c1-17-7-3-4-8-20(17)18-9-11-19(12-10-18)22-16-15-21-13-5-2-6-14-21/h3-4,7-12H,2,5-6,13-16H2,1H3. The van der Waals surface area contributed by atoms with Crippen molar-refractivity contribution in [2.24, 2.45) is 0 Å². The molecule has 2 aromatic rings. The second-order valence-corrected chi connectivity index (χ2v) is 6.09. The van der Waals surface area contributed by atoms with Crippen LogP contribution < -0.4 is 4.74 Å². The van der Waals surface area contributed by atoms with Crippen molar-refractivity contribution in [1.29, 1.82) is 0 Å². The van der Waals surface area contributed by atoms with Gasteiger partial charge in [0, 0.05) is 6.54 Å². The van der Waals surface area contributed by atoms with Crippen LogP contribution in [0, 0.1) is 6.92 Å². The van der Waals surface area contributed by atoms with E-state index >= 15 is 0 Å². The second-order valence-electron chi connectivity index (χ2n) is 6.09. The predicted octanol–water partition coefficient (Wildman–Crippen LogP) is 4.53. The molecule has 22 heavy (non-hydrogen) atoms. The van der Waals surface area contributed by atoms with Gasteiger partial charge in [-0.15, -0.1) is 0 Å². The van der Waals surface area contributed by atoms with Crippen LogP contribution in [0.2, 0.25) is 0 Å². The zero-order valence-corrected chi connectivity index (χ0v) is 13.4. The van der Waals surface area contributed by atoms with Gasteiger partial charge < -0.3 is 4.74 Å². The minimum absolute atomic E-state index is 0.781. The quantitative estimate of drug-likeness (QED) is 0.803. The Balaban J connectivity index is 1.54. The number of piperidine rings is 1. The summed E-state index contributed by atoms with van der Waals surface area (Å²) in [6.45, 7) is 6.44. The summed E-state index contributed by atoms with van der Waals surface area (Å²) >= 11 is 0. The lowest BCUT2D eigenvalue weighted by Gasteiger charge is -2.26. The first kappa shape index (κ1) is 15.1. The first-order valence-corrected chi connectivity index (χ1v) is 8.34. The monoisotopic (exact) mass is 295 g/mol. The highest BCUT2D eigenvalue weighted by Gasteiger charge is 2.09. The third kappa shape index (κ3) is 3.89. The molecule has 3 rings (SSSR count). The molecule has 0 unspecified atom stereocenters. The molecular formula is C20H25NO. The lowest BCUT2D eigenvalue weighted by atomic mass is 10.0. The Kier molecular flexibility index (Phi) is 5.12. The van der Waals surface area contributed by atoms with Crippen LogP contribution in [0.25, 0.3) is 11.1 Å². The Morgan fingerprint density at radius 2 is 1.64 bits per heavy atom. The lowest BCUT2D eigenvalue weighted by Crippen LogP contribution is -2.33. The number of rotatable bonds is 5. The number of likely N-dealkylation sites (tertiary alicyclic amines) is 1. The molecule has 2 heteroatoms. The molecule has 0 radical (unpaired) electrons. The summed E-state index contributed by atoms with van der Waals surface area (Å²) in [6, 6.07) is 17.0. The van der Waals surface area contributed by atoms with E-state index in [0.29, 0.717) is 0 Å². The van der Waals surface area contributed by atoms with Gasteiger partial charge in [0.1, 0.15) is 12.4 Å². The van der Waals surface area contributed by atoms with Crippen molar-refractivity contribution in [3.8, 4) is 16.9 Å². The van der Waals surface area contributed by atoms with Crippen LogP contribution in [-0.4, -0.2) is 31.1 Å². The fourth-order valence-corrected chi connectivity index (χ4v) is 3.10. The van der Waals surface area contributed by atoms with Crippen LogP contribution >= 0.6 is 0 Å². The van der Waals surface area contributed by atoms with E-state index < -0.39 is 0 Å². The lowest BCUT2D eigenvalue weighted by molar-refractivity contribution is 0.183. The maximum absolute atomic E-state index is 5.89. The van der Waals surface area contributed by atoms with Crippen molar-refractivity contribution in [3.05, 3.63) is 54.1 Å². The topological polar surface area (TPSA) is 12.5 Å². The van der Waals surface area contributed by atoms with E-state index in [1.807, 2.05) is 0 Å². The average Bonchev–Trinajstić information content (AvgIpc) is 2.57. The Labute approximate surface area is 133 Å². The van der Waals surface area contributed by atoms with Gasteiger partial charge in [-0.2, -0.15) is 0 Å². The Hall–Kier alpha value is -1.80. The summed E-state index contributed by atoms with van der Waals surface area (Å²) in [5.41, 5.74) is 3.85. The fraction of sp³-hybridized carbons (Fsp3) is 0.400. The molecule has 2 aromatic carbocycles. The van der Waals surface area contributed by atoms with Crippen molar-refractivity contribution >= 4 is 0 Å². The number of hydrogen-bond donors (Lipinski definition) is 0. The van der Waals surface area contributed by atoms with E-state index in [9.17, 15) is 0 Å². The predicted molar refractivity (Wildman–Crippen MR) is 92.4 cm³/mol. The van der Waals surface area contributed by atoms with Gasteiger partial charge in [0.2, 0.25) is 0 Å². The summed E-state index contributed by atoms with van der Waals surface area (Å²) in [5, 5.41) is 0. The largest absolute Gasteiger partial charge is 0.492 e. The second kappa shape index (κ2) is 7.46. The van der Waals surface area contributed by atoms with Gasteiger partial charge in [0.15, 0.2) is 0 Å². The van der Waals surface area contributed by atoms with Crippen molar-refractivity contribution < 1.29 is 4.74 Å². The molecule has 1 saturated heterocycles. The molecule has 1 aliphatic heterocycles. The number of aryl methyl sites for hydroxylation is 1. The summed E-state index contributed by atoms with van der Waals surface area (Å²) in [4.78, 5) is 2.51. The maximum Gasteiger partial charge on any atom is 0.119 e. The minimum atomic E-state index is 0.781. The van der Waals surface area contributed by atoms with Crippen LogP contribution in [-0.2, 0) is 0 Å². The molecule has 0 bridgehead atoms. The molecule has 2 nitrogen and oxygen atoms in total. The third-order valence-corrected chi connectivity index (χ3v) is 4.44. The first-order valence-electron chi connectivity index (χ1n) is 8.34. The molecule has 0 N–H and O–H groups in total. The highest BCUT2D eigenvalue weighted by Crippen LogP contribution is 2.25. The zero-order chi connectivity index (χ0) is 15.2. The smallest absolute Gasteiger partial charge is 0.119 e. The minimum Gasteiger partial charge on any atom is -0.492 e. The molecule has 0 spiro atoms. The van der Waals surface area contributed by atoms with Crippen molar-refractivity contribution in [3.63, 3.8) is 0 Å². The van der Waals surface area contributed by atoms with E-state index in [4.69, 9.17) is 4.74 Å². The normalized spacial score (nSPS) is 15.7. The molecular weight excluding hydrogens is 270 g/mol.